The number of hydrogen-bond acceptors (Lipinski definition) is 0. The summed E-state index contributed by atoms with van der Waals surface area (Å²) in [5.41, 5.74) is 0. The molecule has 1 aliphatic carbocycles. The van der Waals surface area contributed by atoms with Crippen LogP contribution in [0.4, 0.5) is 0 Å². The molecule has 0 nitrogen and oxygen atoms in total. The molecule has 0 saturated carbocycles. The molecule has 4 rings (SSSR count). The van der Waals surface area contributed by atoms with Crippen molar-refractivity contribution < 1.29 is 21.7 Å². The Hall–Kier alpha value is -1.06. The van der Waals surface area contributed by atoms with Crippen molar-refractivity contribution in [3.63, 3.8) is 0 Å². The minimum absolute atomic E-state index is 0. The number of benzene rings is 3. The summed E-state index contributed by atoms with van der Waals surface area (Å²) in [7, 11) is -0.877. The van der Waals surface area contributed by atoms with E-state index in [2.05, 4.69) is 103 Å². The molecule has 0 N–H and O–H groups in total. The van der Waals surface area contributed by atoms with E-state index in [1.54, 1.807) is 0 Å². The third-order valence-corrected chi connectivity index (χ3v) is 6.51. The van der Waals surface area contributed by atoms with Gasteiger partial charge in [-0.05, 0) is 0 Å². The molecule has 0 atom stereocenters. The van der Waals surface area contributed by atoms with E-state index >= 15 is 0 Å². The van der Waals surface area contributed by atoms with Crippen LogP contribution in [0.15, 0.2) is 109 Å². The average Bonchev–Trinajstić information content (AvgIpc) is 3.25. The quantitative estimate of drug-likeness (QED) is 0.265. The molecule has 29 heavy (non-hydrogen) atoms. The van der Waals surface area contributed by atoms with Gasteiger partial charge in [0, 0.05) is 0 Å². The summed E-state index contributed by atoms with van der Waals surface area (Å²) in [6, 6.07) is 32.5. The molecule has 0 fully saturated rings. The predicted octanol–water partition coefficient (Wildman–Crippen LogP) is 5.22. The van der Waals surface area contributed by atoms with Crippen LogP contribution in [0.5, 0.6) is 0 Å². The van der Waals surface area contributed by atoms with E-state index in [4.69, 9.17) is 0 Å². The van der Waals surface area contributed by atoms with Crippen LogP contribution in [0.25, 0.3) is 0 Å². The zero-order chi connectivity index (χ0) is 16.5. The minimum Gasteiger partial charge on any atom is -0.358 e. The Morgan fingerprint density at radius 2 is 0.931 bits per heavy atom. The number of hydrogen-bond donors (Lipinski definition) is 0. The Morgan fingerprint density at radius 3 is 1.14 bits per heavy atom. The van der Waals surface area contributed by atoms with Crippen LogP contribution in [0.2, 0.25) is 0 Å². The molecule has 3 aromatic rings. The zero-order valence-electron chi connectivity index (χ0n) is 16.3. The summed E-state index contributed by atoms with van der Waals surface area (Å²) < 4.78 is 0. The third kappa shape index (κ3) is 10.5. The summed E-state index contributed by atoms with van der Waals surface area (Å²) in [6.07, 6.45) is 10.0. The maximum absolute atomic E-state index is 2.99. The van der Waals surface area contributed by atoms with E-state index in [1.165, 1.54) is 15.6 Å². The summed E-state index contributed by atoms with van der Waals surface area (Å²) in [5.74, 6) is 0. The molecule has 151 valence electrons. The minimum atomic E-state index is -0.877. The Morgan fingerprint density at radius 1 is 0.586 bits per heavy atom. The first-order chi connectivity index (χ1) is 11.9. The summed E-state index contributed by atoms with van der Waals surface area (Å²) in [6.45, 7) is 0. The molecule has 0 amide bonds. The molecule has 0 aliphatic heterocycles. The standard InChI is InChI=1S/C18H15Si.C5H5.CH3.3ClH.Ti/c1-4-10-16(11-5-1)19(17-12-6-2-7-13-17)18-14-8-3-9-15-18;1-2-4-5-3-1;;;;;/h1-15H;1-3H,4H2;1H3;3*1H;/q;2*-1;;;;+2. The van der Waals surface area contributed by atoms with Crippen molar-refractivity contribution >= 4 is 61.6 Å². The second kappa shape index (κ2) is 18.9. The Bertz CT molecular complexity index is 690. The smallest absolute Gasteiger partial charge is 0.358 e. The van der Waals surface area contributed by atoms with Gasteiger partial charge in [0.05, 0.1) is 0 Å². The van der Waals surface area contributed by atoms with Gasteiger partial charge >= 0.3 is 21.7 Å². The first-order valence-electron chi connectivity index (χ1n) is 8.20. The normalized spacial score (nSPS) is 9.97. The van der Waals surface area contributed by atoms with Crippen molar-refractivity contribution in [1.82, 2.24) is 0 Å². The molecule has 0 heterocycles. The summed E-state index contributed by atoms with van der Waals surface area (Å²) in [5, 5.41) is 4.31. The molecular formula is C24H26Cl3SiTi. The first-order valence-corrected chi connectivity index (χ1v) is 9.70. The van der Waals surface area contributed by atoms with Crippen molar-refractivity contribution in [2.75, 3.05) is 0 Å². The molecule has 1 aliphatic rings. The zero-order valence-corrected chi connectivity index (χ0v) is 21.3. The Kier molecular flexibility index (Phi) is 21.3. The van der Waals surface area contributed by atoms with Crippen molar-refractivity contribution in [3.05, 3.63) is 123 Å². The van der Waals surface area contributed by atoms with Gasteiger partial charge in [-0.1, -0.05) is 107 Å². The van der Waals surface area contributed by atoms with Crippen LogP contribution in [0.3, 0.4) is 0 Å². The molecule has 1 radical (unpaired) electrons. The van der Waals surface area contributed by atoms with Crippen molar-refractivity contribution in [1.29, 1.82) is 0 Å². The summed E-state index contributed by atoms with van der Waals surface area (Å²) in [4.78, 5) is 0. The third-order valence-electron chi connectivity index (χ3n) is 3.77. The molecule has 0 unspecified atom stereocenters. The van der Waals surface area contributed by atoms with Crippen LogP contribution in [-0.2, 0) is 21.7 Å². The number of rotatable bonds is 3. The van der Waals surface area contributed by atoms with Crippen molar-refractivity contribution in [2.24, 2.45) is 0 Å². The van der Waals surface area contributed by atoms with Gasteiger partial charge in [0.2, 0.25) is 0 Å². The molecule has 0 aromatic heterocycles. The largest absolute Gasteiger partial charge is 2.00 e. The molecule has 3 aromatic carbocycles. The maximum Gasteiger partial charge on any atom is 2.00 e. The summed E-state index contributed by atoms with van der Waals surface area (Å²) >= 11 is 0. The van der Waals surface area contributed by atoms with Gasteiger partial charge in [0.25, 0.3) is 0 Å². The van der Waals surface area contributed by atoms with E-state index in [9.17, 15) is 0 Å². The van der Waals surface area contributed by atoms with Gasteiger partial charge in [-0.25, -0.2) is 12.2 Å². The fourth-order valence-corrected chi connectivity index (χ4v) is 5.23. The Labute approximate surface area is 211 Å². The van der Waals surface area contributed by atoms with Crippen molar-refractivity contribution in [3.8, 4) is 0 Å². The van der Waals surface area contributed by atoms with E-state index in [0.29, 0.717) is 0 Å². The van der Waals surface area contributed by atoms with Crippen LogP contribution < -0.4 is 15.6 Å². The van der Waals surface area contributed by atoms with Crippen LogP contribution >= 0.6 is 37.2 Å². The SMILES string of the molecule is Cl.Cl.Cl.[C-]1=CC=CC1.[CH3-].[Ti+2].c1ccc([Si](c2ccccc2)c2ccccc2)cc1. The molecule has 0 spiro atoms. The van der Waals surface area contributed by atoms with Gasteiger partial charge in [0.1, 0.15) is 0 Å². The second-order valence-electron chi connectivity index (χ2n) is 5.48. The van der Waals surface area contributed by atoms with Crippen LogP contribution in [0, 0.1) is 13.5 Å². The van der Waals surface area contributed by atoms with Crippen LogP contribution in [-0.4, -0.2) is 8.80 Å². The fourth-order valence-electron chi connectivity index (χ4n) is 2.65. The number of halogens is 3. The molecule has 5 heteroatoms. The predicted molar refractivity (Wildman–Crippen MR) is 134 cm³/mol. The maximum atomic E-state index is 2.99. The van der Waals surface area contributed by atoms with Gasteiger partial charge < -0.3 is 7.43 Å². The van der Waals surface area contributed by atoms with E-state index in [0.717, 1.165) is 6.42 Å². The Balaban J connectivity index is -0.000000600. The second-order valence-corrected chi connectivity index (χ2v) is 7.96. The molecular weight excluding hydrogens is 471 g/mol. The van der Waals surface area contributed by atoms with Gasteiger partial charge in [0.15, 0.2) is 8.80 Å². The average molecular weight is 497 g/mol. The van der Waals surface area contributed by atoms with E-state index in [1.807, 2.05) is 12.2 Å². The number of allylic oxidation sites excluding steroid dienone is 4. The van der Waals surface area contributed by atoms with Gasteiger partial charge in [-0.2, -0.15) is 6.08 Å². The molecule has 0 saturated heterocycles. The first kappa shape index (κ1) is 32.6. The topological polar surface area (TPSA) is 0 Å². The van der Waals surface area contributed by atoms with E-state index < -0.39 is 8.80 Å². The van der Waals surface area contributed by atoms with Crippen LogP contribution in [0.1, 0.15) is 6.42 Å². The van der Waals surface area contributed by atoms with Gasteiger partial charge in [-0.15, -0.1) is 43.6 Å². The monoisotopic (exact) mass is 495 g/mol. The van der Waals surface area contributed by atoms with E-state index in [-0.39, 0.29) is 66.4 Å². The fraction of sp³-hybridized carbons (Fsp3) is 0.0417. The molecule has 0 bridgehead atoms. The van der Waals surface area contributed by atoms with Gasteiger partial charge in [-0.3, -0.25) is 6.08 Å². The van der Waals surface area contributed by atoms with Crippen molar-refractivity contribution in [2.45, 2.75) is 6.42 Å².